The number of imide groups is 2. The van der Waals surface area contributed by atoms with Crippen LogP contribution in [-0.4, -0.2) is 94.0 Å². The number of rotatable bonds is 16. The molecular formula is C24H33N3O8. The maximum Gasteiger partial charge on any atom is 0.264 e. The van der Waals surface area contributed by atoms with Gasteiger partial charge < -0.3 is 24.3 Å². The summed E-state index contributed by atoms with van der Waals surface area (Å²) in [7, 11) is 0. The fraction of sp³-hybridized carbons (Fsp3) is 0.583. The molecule has 1 aromatic carbocycles. The van der Waals surface area contributed by atoms with Crippen molar-refractivity contribution in [3.05, 3.63) is 29.3 Å². The van der Waals surface area contributed by atoms with Crippen molar-refractivity contribution in [2.75, 3.05) is 64.7 Å². The second-order valence-corrected chi connectivity index (χ2v) is 8.05. The Kier molecular flexibility index (Phi) is 10.6. The molecule has 1 atom stereocenters. The molecule has 3 rings (SSSR count). The van der Waals surface area contributed by atoms with E-state index in [1.165, 1.54) is 0 Å². The van der Waals surface area contributed by atoms with E-state index in [1.807, 2.05) is 0 Å². The van der Waals surface area contributed by atoms with Gasteiger partial charge in [0.1, 0.15) is 6.04 Å². The van der Waals surface area contributed by atoms with Gasteiger partial charge in [0.15, 0.2) is 0 Å². The molecule has 0 bridgehead atoms. The van der Waals surface area contributed by atoms with Crippen molar-refractivity contribution < 1.29 is 38.1 Å². The maximum absolute atomic E-state index is 13.0. The summed E-state index contributed by atoms with van der Waals surface area (Å²) in [5.41, 5.74) is 0.958. The first-order valence-electron chi connectivity index (χ1n) is 11.9. The van der Waals surface area contributed by atoms with Crippen LogP contribution in [0.3, 0.4) is 0 Å². The third-order valence-electron chi connectivity index (χ3n) is 5.49. The number of benzene rings is 1. The molecule has 35 heavy (non-hydrogen) atoms. The highest BCUT2D eigenvalue weighted by molar-refractivity contribution is 6.25. The van der Waals surface area contributed by atoms with Gasteiger partial charge in [-0.05, 0) is 25.0 Å². The molecule has 0 aromatic heterocycles. The van der Waals surface area contributed by atoms with Crippen molar-refractivity contribution in [3.8, 4) is 0 Å². The SMILES string of the molecule is CCCOCCOCCOCCOCCNc1cccc2c1C(=O)N(C1CCC(=O)NC1=O)C2=O. The lowest BCUT2D eigenvalue weighted by Gasteiger charge is -2.27. The molecule has 2 heterocycles. The summed E-state index contributed by atoms with van der Waals surface area (Å²) in [4.78, 5) is 50.5. The lowest BCUT2D eigenvalue weighted by molar-refractivity contribution is -0.136. The smallest absolute Gasteiger partial charge is 0.264 e. The van der Waals surface area contributed by atoms with Gasteiger partial charge in [-0.25, -0.2) is 0 Å². The zero-order chi connectivity index (χ0) is 25.0. The van der Waals surface area contributed by atoms with Crippen molar-refractivity contribution in [1.29, 1.82) is 0 Å². The van der Waals surface area contributed by atoms with Gasteiger partial charge in [-0.1, -0.05) is 13.0 Å². The number of amides is 4. The summed E-state index contributed by atoms with van der Waals surface area (Å²) < 4.78 is 21.7. The predicted octanol–water partition coefficient (Wildman–Crippen LogP) is 0.976. The minimum atomic E-state index is -0.990. The normalized spacial score (nSPS) is 17.6. The van der Waals surface area contributed by atoms with Crippen molar-refractivity contribution >= 4 is 29.3 Å². The van der Waals surface area contributed by atoms with Crippen LogP contribution in [0.2, 0.25) is 0 Å². The van der Waals surface area contributed by atoms with Gasteiger partial charge in [-0.2, -0.15) is 0 Å². The zero-order valence-electron chi connectivity index (χ0n) is 20.0. The Morgan fingerprint density at radius 1 is 0.886 bits per heavy atom. The van der Waals surface area contributed by atoms with E-state index in [2.05, 4.69) is 17.6 Å². The molecule has 1 aromatic rings. The Morgan fingerprint density at radius 3 is 2.14 bits per heavy atom. The molecule has 1 fully saturated rings. The van der Waals surface area contributed by atoms with Gasteiger partial charge in [0.2, 0.25) is 11.8 Å². The molecule has 0 aliphatic carbocycles. The minimum absolute atomic E-state index is 0.0804. The highest BCUT2D eigenvalue weighted by atomic mass is 16.6. The molecule has 0 saturated carbocycles. The first kappa shape index (κ1) is 26.7. The van der Waals surface area contributed by atoms with Crippen molar-refractivity contribution in [3.63, 3.8) is 0 Å². The van der Waals surface area contributed by atoms with Crippen molar-refractivity contribution in [2.45, 2.75) is 32.2 Å². The van der Waals surface area contributed by atoms with E-state index in [4.69, 9.17) is 18.9 Å². The van der Waals surface area contributed by atoms with E-state index in [1.54, 1.807) is 18.2 Å². The quantitative estimate of drug-likeness (QED) is 0.256. The number of piperidine rings is 1. The molecule has 0 radical (unpaired) electrons. The Labute approximate surface area is 204 Å². The van der Waals surface area contributed by atoms with Gasteiger partial charge in [-0.15, -0.1) is 0 Å². The minimum Gasteiger partial charge on any atom is -0.382 e. The van der Waals surface area contributed by atoms with Gasteiger partial charge in [0.25, 0.3) is 11.8 Å². The number of ether oxygens (including phenoxy) is 4. The molecule has 2 aliphatic rings. The number of carbonyl (C=O) groups is 4. The number of anilines is 1. The molecule has 1 saturated heterocycles. The molecule has 0 spiro atoms. The number of hydrogen-bond donors (Lipinski definition) is 2. The molecule has 2 N–H and O–H groups in total. The Hall–Kier alpha value is -2.86. The Bertz CT molecular complexity index is 907. The predicted molar refractivity (Wildman–Crippen MR) is 125 cm³/mol. The molecule has 11 heteroatoms. The molecular weight excluding hydrogens is 458 g/mol. The van der Waals surface area contributed by atoms with Crippen LogP contribution in [-0.2, 0) is 28.5 Å². The van der Waals surface area contributed by atoms with Gasteiger partial charge >= 0.3 is 0 Å². The fourth-order valence-corrected chi connectivity index (χ4v) is 3.83. The number of nitrogens with zero attached hydrogens (tertiary/aromatic N) is 1. The lowest BCUT2D eigenvalue weighted by Crippen LogP contribution is -2.54. The first-order valence-corrected chi connectivity index (χ1v) is 11.9. The van der Waals surface area contributed by atoms with Gasteiger partial charge in [0.05, 0.1) is 57.4 Å². The van der Waals surface area contributed by atoms with Crippen LogP contribution < -0.4 is 10.6 Å². The highest BCUT2D eigenvalue weighted by Crippen LogP contribution is 2.32. The molecule has 4 amide bonds. The van der Waals surface area contributed by atoms with Crippen LogP contribution in [0.25, 0.3) is 0 Å². The van der Waals surface area contributed by atoms with Gasteiger partial charge in [0, 0.05) is 25.3 Å². The van der Waals surface area contributed by atoms with Crippen molar-refractivity contribution in [1.82, 2.24) is 10.2 Å². The summed E-state index contributed by atoms with van der Waals surface area (Å²) in [6.45, 7) is 6.55. The average Bonchev–Trinajstić information content (AvgIpc) is 3.10. The summed E-state index contributed by atoms with van der Waals surface area (Å²) in [6, 6.07) is 3.94. The van der Waals surface area contributed by atoms with Crippen LogP contribution in [0.4, 0.5) is 5.69 Å². The Morgan fingerprint density at radius 2 is 1.51 bits per heavy atom. The van der Waals surface area contributed by atoms with Crippen molar-refractivity contribution in [2.24, 2.45) is 0 Å². The standard InChI is InChI=1S/C24H33N3O8/c1-2-9-32-11-13-34-15-16-35-14-12-33-10-8-25-18-5-3-4-17-21(18)24(31)27(23(17)30)19-6-7-20(28)26-22(19)29/h3-5,19,25H,2,6-16H2,1H3,(H,26,28,29). The summed E-state index contributed by atoms with van der Waals surface area (Å²) in [6.07, 6.45) is 1.19. The number of hydrogen-bond acceptors (Lipinski definition) is 9. The van der Waals surface area contributed by atoms with E-state index in [-0.39, 0.29) is 24.0 Å². The topological polar surface area (TPSA) is 132 Å². The second-order valence-electron chi connectivity index (χ2n) is 8.05. The monoisotopic (exact) mass is 491 g/mol. The molecule has 192 valence electrons. The van der Waals surface area contributed by atoms with E-state index >= 15 is 0 Å². The summed E-state index contributed by atoms with van der Waals surface area (Å²) in [5.74, 6) is -2.12. The fourth-order valence-electron chi connectivity index (χ4n) is 3.83. The van der Waals surface area contributed by atoms with Crippen LogP contribution >= 0.6 is 0 Å². The molecule has 1 unspecified atom stereocenters. The van der Waals surface area contributed by atoms with E-state index in [0.29, 0.717) is 58.5 Å². The number of carbonyl (C=O) groups excluding carboxylic acids is 4. The first-order chi connectivity index (χ1) is 17.0. The van der Waals surface area contributed by atoms with Gasteiger partial charge in [-0.3, -0.25) is 29.4 Å². The van der Waals surface area contributed by atoms with E-state index < -0.39 is 29.7 Å². The second kappa shape index (κ2) is 13.9. The van der Waals surface area contributed by atoms with Crippen LogP contribution in [0.15, 0.2) is 18.2 Å². The third-order valence-corrected chi connectivity index (χ3v) is 5.49. The van der Waals surface area contributed by atoms with E-state index in [9.17, 15) is 19.2 Å². The Balaban J connectivity index is 1.35. The number of fused-ring (bicyclic) bond motifs is 1. The van der Waals surface area contributed by atoms with Crippen LogP contribution in [0.1, 0.15) is 46.9 Å². The lowest BCUT2D eigenvalue weighted by atomic mass is 10.0. The third kappa shape index (κ3) is 7.31. The maximum atomic E-state index is 13.0. The summed E-state index contributed by atoms with van der Waals surface area (Å²) >= 11 is 0. The highest BCUT2D eigenvalue weighted by Gasteiger charge is 2.45. The average molecular weight is 492 g/mol. The largest absolute Gasteiger partial charge is 0.382 e. The van der Waals surface area contributed by atoms with Crippen LogP contribution in [0.5, 0.6) is 0 Å². The molecule has 2 aliphatic heterocycles. The number of nitrogens with one attached hydrogen (secondary N) is 2. The summed E-state index contributed by atoms with van der Waals surface area (Å²) in [5, 5.41) is 5.32. The zero-order valence-corrected chi connectivity index (χ0v) is 20.0. The molecule has 11 nitrogen and oxygen atoms in total. The van der Waals surface area contributed by atoms with Crippen LogP contribution in [0, 0.1) is 0 Å². The van der Waals surface area contributed by atoms with E-state index in [0.717, 1.165) is 17.9 Å².